The number of rotatable bonds is 5. The minimum absolute atomic E-state index is 0.0876. The molecule has 0 aromatic heterocycles. The van der Waals surface area contributed by atoms with E-state index in [0.717, 1.165) is 25.2 Å². The number of nitrogens with one attached hydrogen (secondary N) is 1. The summed E-state index contributed by atoms with van der Waals surface area (Å²) in [4.78, 5) is -0.146. The molecular formula is C12H17FN2O3S. The Hall–Kier alpha value is -1.18. The van der Waals surface area contributed by atoms with Gasteiger partial charge in [-0.05, 0) is 37.0 Å². The van der Waals surface area contributed by atoms with E-state index < -0.39 is 15.8 Å². The number of hydrogen-bond acceptors (Lipinski definition) is 4. The second-order valence-corrected chi connectivity index (χ2v) is 6.40. The maximum Gasteiger partial charge on any atom is 0.240 e. The number of ether oxygens (including phenoxy) is 1. The van der Waals surface area contributed by atoms with E-state index in [0.29, 0.717) is 25.5 Å². The summed E-state index contributed by atoms with van der Waals surface area (Å²) in [7, 11) is -3.71. The zero-order valence-corrected chi connectivity index (χ0v) is 11.2. The summed E-state index contributed by atoms with van der Waals surface area (Å²) in [5, 5.41) is 0. The van der Waals surface area contributed by atoms with E-state index in [1.54, 1.807) is 0 Å². The largest absolute Gasteiger partial charge is 0.399 e. The van der Waals surface area contributed by atoms with Crippen LogP contribution < -0.4 is 10.5 Å². The first-order valence-corrected chi connectivity index (χ1v) is 7.59. The van der Waals surface area contributed by atoms with E-state index in [1.165, 1.54) is 6.07 Å². The van der Waals surface area contributed by atoms with Crippen LogP contribution in [0.25, 0.3) is 0 Å². The summed E-state index contributed by atoms with van der Waals surface area (Å²) in [6.07, 6.45) is 1.67. The number of sulfonamides is 1. The summed E-state index contributed by atoms with van der Waals surface area (Å²) >= 11 is 0. The number of benzene rings is 1. The zero-order chi connectivity index (χ0) is 13.9. The van der Waals surface area contributed by atoms with Gasteiger partial charge < -0.3 is 10.5 Å². The van der Waals surface area contributed by atoms with Gasteiger partial charge in [0.2, 0.25) is 10.0 Å². The van der Waals surface area contributed by atoms with E-state index in [4.69, 9.17) is 10.5 Å². The quantitative estimate of drug-likeness (QED) is 0.795. The number of hydrogen-bond donors (Lipinski definition) is 2. The van der Waals surface area contributed by atoms with Gasteiger partial charge in [0.05, 0.1) is 4.90 Å². The van der Waals surface area contributed by atoms with Crippen LogP contribution in [0.3, 0.4) is 0 Å². The third kappa shape index (κ3) is 3.89. The van der Waals surface area contributed by atoms with Gasteiger partial charge >= 0.3 is 0 Å². The van der Waals surface area contributed by atoms with Gasteiger partial charge in [-0.1, -0.05) is 0 Å². The summed E-state index contributed by atoms with van der Waals surface area (Å²) < 4.78 is 44.7. The maximum absolute atomic E-state index is 13.1. The fraction of sp³-hybridized carbons (Fsp3) is 0.500. The van der Waals surface area contributed by atoms with Crippen molar-refractivity contribution in [3.05, 3.63) is 24.0 Å². The van der Waals surface area contributed by atoms with E-state index in [-0.39, 0.29) is 10.6 Å². The summed E-state index contributed by atoms with van der Waals surface area (Å²) in [6.45, 7) is 1.72. The van der Waals surface area contributed by atoms with Gasteiger partial charge in [-0.2, -0.15) is 0 Å². The predicted molar refractivity (Wildman–Crippen MR) is 69.5 cm³/mol. The number of halogens is 1. The molecule has 3 N–H and O–H groups in total. The van der Waals surface area contributed by atoms with Crippen LogP contribution in [0.1, 0.15) is 12.8 Å². The average molecular weight is 288 g/mol. The fourth-order valence-electron chi connectivity index (χ4n) is 2.03. The van der Waals surface area contributed by atoms with Crippen LogP contribution in [0.4, 0.5) is 10.1 Å². The second-order valence-electron chi connectivity index (χ2n) is 4.64. The van der Waals surface area contributed by atoms with E-state index in [9.17, 15) is 12.8 Å². The minimum atomic E-state index is -3.71. The monoisotopic (exact) mass is 288 g/mol. The lowest BCUT2D eigenvalue weighted by Crippen LogP contribution is -2.26. The summed E-state index contributed by atoms with van der Waals surface area (Å²) in [5.74, 6) is -0.273. The Morgan fingerprint density at radius 1 is 1.42 bits per heavy atom. The van der Waals surface area contributed by atoms with Crippen molar-refractivity contribution in [2.24, 2.45) is 5.92 Å². The molecule has 2 rings (SSSR count). The molecule has 7 heteroatoms. The normalized spacial score (nSPS) is 19.7. The lowest BCUT2D eigenvalue weighted by Gasteiger charge is -2.10. The minimum Gasteiger partial charge on any atom is -0.399 e. The Morgan fingerprint density at radius 2 is 2.21 bits per heavy atom. The standard InChI is InChI=1S/C12H17FN2O3S/c13-10-5-11(14)7-12(6-10)19(16,17)15-3-1-9-2-4-18-8-9/h5-7,9,15H,1-4,8,14H2. The highest BCUT2D eigenvalue weighted by atomic mass is 32.2. The maximum atomic E-state index is 13.1. The van der Waals surface area contributed by atoms with Crippen LogP contribution in [0.5, 0.6) is 0 Å². The Labute approximate surface area is 112 Å². The molecule has 5 nitrogen and oxygen atoms in total. The molecule has 19 heavy (non-hydrogen) atoms. The Kier molecular flexibility index (Phi) is 4.38. The van der Waals surface area contributed by atoms with Gasteiger partial charge in [-0.3, -0.25) is 0 Å². The summed E-state index contributed by atoms with van der Waals surface area (Å²) in [5.41, 5.74) is 5.52. The molecule has 0 bridgehead atoms. The van der Waals surface area contributed by atoms with Crippen molar-refractivity contribution >= 4 is 15.7 Å². The predicted octanol–water partition coefficient (Wildman–Crippen LogP) is 1.11. The van der Waals surface area contributed by atoms with Crippen LogP contribution >= 0.6 is 0 Å². The topological polar surface area (TPSA) is 81.4 Å². The van der Waals surface area contributed by atoms with Crippen LogP contribution in [-0.4, -0.2) is 28.2 Å². The molecule has 1 saturated heterocycles. The molecule has 1 aromatic rings. The van der Waals surface area contributed by atoms with Gasteiger partial charge in [0.25, 0.3) is 0 Å². The molecule has 1 aromatic carbocycles. The molecule has 1 atom stereocenters. The SMILES string of the molecule is Nc1cc(F)cc(S(=O)(=O)NCCC2CCOC2)c1. The van der Waals surface area contributed by atoms with Crippen molar-refractivity contribution < 1.29 is 17.5 Å². The number of nitrogen functional groups attached to an aromatic ring is 1. The first kappa shape index (κ1) is 14.2. The molecular weight excluding hydrogens is 271 g/mol. The van der Waals surface area contributed by atoms with Crippen molar-refractivity contribution in [3.8, 4) is 0 Å². The molecule has 106 valence electrons. The van der Waals surface area contributed by atoms with E-state index in [1.807, 2.05) is 0 Å². The zero-order valence-electron chi connectivity index (χ0n) is 10.4. The third-order valence-corrected chi connectivity index (χ3v) is 4.51. The van der Waals surface area contributed by atoms with Crippen LogP contribution in [0.15, 0.2) is 23.1 Å². The van der Waals surface area contributed by atoms with Gasteiger partial charge in [0, 0.05) is 25.4 Å². The van der Waals surface area contributed by atoms with Crippen LogP contribution in [0, 0.1) is 11.7 Å². The average Bonchev–Trinajstić information content (AvgIpc) is 2.80. The van der Waals surface area contributed by atoms with Gasteiger partial charge in [-0.15, -0.1) is 0 Å². The molecule has 0 saturated carbocycles. The number of nitrogens with two attached hydrogens (primary N) is 1. The first-order chi connectivity index (χ1) is 8.97. The van der Waals surface area contributed by atoms with Crippen molar-refractivity contribution in [2.75, 3.05) is 25.5 Å². The molecule has 1 aliphatic rings. The Morgan fingerprint density at radius 3 is 2.84 bits per heavy atom. The fourth-order valence-corrected chi connectivity index (χ4v) is 3.14. The van der Waals surface area contributed by atoms with Crippen molar-refractivity contribution in [3.63, 3.8) is 0 Å². The summed E-state index contributed by atoms with van der Waals surface area (Å²) in [6, 6.07) is 3.27. The van der Waals surface area contributed by atoms with Gasteiger partial charge in [-0.25, -0.2) is 17.5 Å². The van der Waals surface area contributed by atoms with Crippen LogP contribution in [-0.2, 0) is 14.8 Å². The lowest BCUT2D eigenvalue weighted by molar-refractivity contribution is 0.184. The molecule has 1 fully saturated rings. The van der Waals surface area contributed by atoms with Crippen LogP contribution in [0.2, 0.25) is 0 Å². The Balaban J connectivity index is 1.97. The molecule has 0 radical (unpaired) electrons. The second kappa shape index (κ2) is 5.85. The van der Waals surface area contributed by atoms with Gasteiger partial charge in [0.15, 0.2) is 0 Å². The molecule has 0 spiro atoms. The molecule has 1 heterocycles. The van der Waals surface area contributed by atoms with E-state index in [2.05, 4.69) is 4.72 Å². The third-order valence-electron chi connectivity index (χ3n) is 3.07. The highest BCUT2D eigenvalue weighted by Gasteiger charge is 2.18. The molecule has 1 unspecified atom stereocenters. The molecule has 0 amide bonds. The smallest absolute Gasteiger partial charge is 0.240 e. The molecule has 1 aliphatic heterocycles. The highest BCUT2D eigenvalue weighted by Crippen LogP contribution is 2.18. The van der Waals surface area contributed by atoms with E-state index >= 15 is 0 Å². The molecule has 0 aliphatic carbocycles. The number of anilines is 1. The van der Waals surface area contributed by atoms with Crippen molar-refractivity contribution in [2.45, 2.75) is 17.7 Å². The highest BCUT2D eigenvalue weighted by molar-refractivity contribution is 7.89. The first-order valence-electron chi connectivity index (χ1n) is 6.11. The van der Waals surface area contributed by atoms with Gasteiger partial charge in [0.1, 0.15) is 5.82 Å². The van der Waals surface area contributed by atoms with Crippen molar-refractivity contribution in [1.82, 2.24) is 4.72 Å². The lowest BCUT2D eigenvalue weighted by atomic mass is 10.1. The Bertz CT molecular complexity index is 522. The van der Waals surface area contributed by atoms with Crippen molar-refractivity contribution in [1.29, 1.82) is 0 Å².